The van der Waals surface area contributed by atoms with Crippen molar-refractivity contribution in [2.24, 2.45) is 0 Å². The first-order chi connectivity index (χ1) is 8.13. The summed E-state index contributed by atoms with van der Waals surface area (Å²) < 4.78 is 0.976. The van der Waals surface area contributed by atoms with Gasteiger partial charge in [0.05, 0.1) is 14.1 Å². The van der Waals surface area contributed by atoms with E-state index in [9.17, 15) is 0 Å². The SMILES string of the molecule is CCCc1nc(-c2sccc2C)nc(Cl)c1I. The van der Waals surface area contributed by atoms with E-state index in [-0.39, 0.29) is 0 Å². The predicted octanol–water partition coefficient (Wildman–Crippen LogP) is 4.72. The number of nitrogens with zero attached hydrogens (tertiary/aromatic N) is 2. The maximum absolute atomic E-state index is 6.17. The summed E-state index contributed by atoms with van der Waals surface area (Å²) in [5.41, 5.74) is 2.26. The summed E-state index contributed by atoms with van der Waals surface area (Å²) in [4.78, 5) is 10.1. The lowest BCUT2D eigenvalue weighted by Gasteiger charge is -2.07. The maximum atomic E-state index is 6.17. The summed E-state index contributed by atoms with van der Waals surface area (Å²) in [7, 11) is 0. The Kier molecular flexibility index (Phi) is 4.38. The second-order valence-corrected chi connectivity index (χ2v) is 6.13. The first-order valence-corrected chi connectivity index (χ1v) is 7.73. The summed E-state index contributed by atoms with van der Waals surface area (Å²) in [6.45, 7) is 4.21. The highest BCUT2D eigenvalue weighted by atomic mass is 127. The summed E-state index contributed by atoms with van der Waals surface area (Å²) in [5, 5.41) is 2.62. The van der Waals surface area contributed by atoms with Crippen LogP contribution in [-0.4, -0.2) is 9.97 Å². The largest absolute Gasteiger partial charge is 0.231 e. The molecule has 0 aliphatic rings. The molecule has 2 rings (SSSR count). The van der Waals surface area contributed by atoms with Crippen molar-refractivity contribution in [3.63, 3.8) is 0 Å². The van der Waals surface area contributed by atoms with E-state index in [2.05, 4.69) is 57.9 Å². The lowest BCUT2D eigenvalue weighted by Crippen LogP contribution is -2.00. The molecule has 90 valence electrons. The molecule has 0 bridgehead atoms. The van der Waals surface area contributed by atoms with Crippen molar-refractivity contribution in [2.45, 2.75) is 26.7 Å². The monoisotopic (exact) mass is 378 g/mol. The number of halogens is 2. The van der Waals surface area contributed by atoms with Crippen molar-refractivity contribution in [2.75, 3.05) is 0 Å². The van der Waals surface area contributed by atoms with E-state index in [1.807, 2.05) is 0 Å². The molecule has 0 amide bonds. The highest BCUT2D eigenvalue weighted by Crippen LogP contribution is 2.29. The zero-order chi connectivity index (χ0) is 12.4. The first-order valence-electron chi connectivity index (χ1n) is 5.39. The number of thiophene rings is 1. The molecular formula is C12H12ClIN2S. The molecule has 0 aliphatic heterocycles. The van der Waals surface area contributed by atoms with E-state index in [1.165, 1.54) is 5.56 Å². The lowest BCUT2D eigenvalue weighted by molar-refractivity contribution is 0.867. The van der Waals surface area contributed by atoms with Gasteiger partial charge in [-0.05, 0) is 52.9 Å². The number of aromatic nitrogens is 2. The lowest BCUT2D eigenvalue weighted by atomic mass is 10.2. The molecule has 0 atom stereocenters. The molecule has 5 heteroatoms. The summed E-state index contributed by atoms with van der Waals surface area (Å²) in [6.07, 6.45) is 2.00. The van der Waals surface area contributed by atoms with Gasteiger partial charge in [-0.2, -0.15) is 0 Å². The zero-order valence-electron chi connectivity index (χ0n) is 9.63. The maximum Gasteiger partial charge on any atom is 0.171 e. The fourth-order valence-corrected chi connectivity index (χ4v) is 3.13. The van der Waals surface area contributed by atoms with Crippen LogP contribution in [-0.2, 0) is 6.42 Å². The average Bonchev–Trinajstić information content (AvgIpc) is 2.71. The normalized spacial score (nSPS) is 10.8. The van der Waals surface area contributed by atoms with Crippen molar-refractivity contribution in [1.29, 1.82) is 0 Å². The van der Waals surface area contributed by atoms with Crippen LogP contribution < -0.4 is 0 Å². The van der Waals surface area contributed by atoms with Crippen LogP contribution in [0.25, 0.3) is 10.7 Å². The van der Waals surface area contributed by atoms with Gasteiger partial charge in [0.25, 0.3) is 0 Å². The molecule has 2 aromatic rings. The van der Waals surface area contributed by atoms with Crippen molar-refractivity contribution in [3.05, 3.63) is 31.4 Å². The van der Waals surface area contributed by atoms with E-state index >= 15 is 0 Å². The van der Waals surface area contributed by atoms with Crippen molar-refractivity contribution >= 4 is 45.5 Å². The molecule has 0 fully saturated rings. The van der Waals surface area contributed by atoms with Gasteiger partial charge in [0.15, 0.2) is 5.82 Å². The molecule has 0 spiro atoms. The van der Waals surface area contributed by atoms with E-state index in [0.717, 1.165) is 32.8 Å². The van der Waals surface area contributed by atoms with Gasteiger partial charge in [0.2, 0.25) is 0 Å². The fourth-order valence-electron chi connectivity index (χ4n) is 1.57. The summed E-state index contributed by atoms with van der Waals surface area (Å²) in [6, 6.07) is 2.08. The Morgan fingerprint density at radius 1 is 1.41 bits per heavy atom. The van der Waals surface area contributed by atoms with Gasteiger partial charge in [0, 0.05) is 0 Å². The number of rotatable bonds is 3. The van der Waals surface area contributed by atoms with Gasteiger partial charge in [-0.1, -0.05) is 24.9 Å². The summed E-state index contributed by atoms with van der Waals surface area (Å²) >= 11 is 10.0. The molecule has 0 radical (unpaired) electrons. The standard InChI is InChI=1S/C12H12ClIN2S/c1-3-4-8-9(14)11(13)16-12(15-8)10-7(2)5-6-17-10/h5-6H,3-4H2,1-2H3. The van der Waals surface area contributed by atoms with Crippen LogP contribution in [0.4, 0.5) is 0 Å². The number of hydrogen-bond donors (Lipinski definition) is 0. The molecule has 0 aliphatic carbocycles. The Morgan fingerprint density at radius 2 is 2.18 bits per heavy atom. The topological polar surface area (TPSA) is 25.8 Å². The van der Waals surface area contributed by atoms with E-state index in [4.69, 9.17) is 11.6 Å². The molecule has 0 aromatic carbocycles. The van der Waals surface area contributed by atoms with Crippen LogP contribution in [0.15, 0.2) is 11.4 Å². The van der Waals surface area contributed by atoms with Crippen molar-refractivity contribution in [3.8, 4) is 10.7 Å². The third kappa shape index (κ3) is 2.80. The van der Waals surface area contributed by atoms with Crippen LogP contribution in [0.1, 0.15) is 24.6 Å². The molecule has 2 heterocycles. The van der Waals surface area contributed by atoms with E-state index in [1.54, 1.807) is 11.3 Å². The molecule has 2 aromatic heterocycles. The summed E-state index contributed by atoms with van der Waals surface area (Å²) in [5.74, 6) is 0.756. The average molecular weight is 379 g/mol. The smallest absolute Gasteiger partial charge is 0.171 e. The third-order valence-corrected chi connectivity index (χ3v) is 5.17. The highest BCUT2D eigenvalue weighted by Gasteiger charge is 2.13. The molecular weight excluding hydrogens is 367 g/mol. The Labute approximate surface area is 124 Å². The van der Waals surface area contributed by atoms with Crippen molar-refractivity contribution in [1.82, 2.24) is 9.97 Å². The second-order valence-electron chi connectivity index (χ2n) is 3.78. The Morgan fingerprint density at radius 3 is 2.76 bits per heavy atom. The Bertz CT molecular complexity index is 539. The first kappa shape index (κ1) is 13.2. The number of hydrogen-bond acceptors (Lipinski definition) is 3. The fraction of sp³-hybridized carbons (Fsp3) is 0.333. The Balaban J connectivity index is 2.53. The minimum absolute atomic E-state index is 0.562. The van der Waals surface area contributed by atoms with E-state index < -0.39 is 0 Å². The van der Waals surface area contributed by atoms with Gasteiger partial charge >= 0.3 is 0 Å². The predicted molar refractivity (Wildman–Crippen MR) is 81.8 cm³/mol. The second kappa shape index (κ2) is 5.63. The van der Waals surface area contributed by atoms with Gasteiger partial charge in [-0.15, -0.1) is 11.3 Å². The van der Waals surface area contributed by atoms with Crippen molar-refractivity contribution < 1.29 is 0 Å². The molecule has 0 saturated carbocycles. The van der Waals surface area contributed by atoms with Crippen LogP contribution in [0, 0.1) is 10.5 Å². The van der Waals surface area contributed by atoms with Crippen LogP contribution in [0.2, 0.25) is 5.15 Å². The minimum Gasteiger partial charge on any atom is -0.231 e. The van der Waals surface area contributed by atoms with E-state index in [0.29, 0.717) is 5.15 Å². The van der Waals surface area contributed by atoms with Crippen LogP contribution in [0.5, 0.6) is 0 Å². The van der Waals surface area contributed by atoms with Gasteiger partial charge in [0.1, 0.15) is 5.15 Å². The van der Waals surface area contributed by atoms with Gasteiger partial charge in [-0.25, -0.2) is 9.97 Å². The molecule has 0 N–H and O–H groups in total. The third-order valence-electron chi connectivity index (χ3n) is 2.43. The minimum atomic E-state index is 0.562. The molecule has 0 unspecified atom stereocenters. The Hall–Kier alpha value is -0.200. The van der Waals surface area contributed by atoms with Crippen LogP contribution >= 0.6 is 45.5 Å². The van der Waals surface area contributed by atoms with Gasteiger partial charge in [-0.3, -0.25) is 0 Å². The number of aryl methyl sites for hydroxylation is 2. The molecule has 17 heavy (non-hydrogen) atoms. The van der Waals surface area contributed by atoms with Gasteiger partial charge < -0.3 is 0 Å². The van der Waals surface area contributed by atoms with Crippen LogP contribution in [0.3, 0.4) is 0 Å². The zero-order valence-corrected chi connectivity index (χ0v) is 13.4. The molecule has 2 nitrogen and oxygen atoms in total. The molecule has 0 saturated heterocycles. The quantitative estimate of drug-likeness (QED) is 0.570. The highest BCUT2D eigenvalue weighted by molar-refractivity contribution is 14.1.